The molecule has 0 aliphatic carbocycles. The van der Waals surface area contributed by atoms with Crippen LogP contribution in [0, 0.1) is 0 Å². The van der Waals surface area contributed by atoms with Crippen molar-refractivity contribution >= 4 is 35.3 Å². The van der Waals surface area contributed by atoms with Crippen LogP contribution in [-0.2, 0) is 22.1 Å². The summed E-state index contributed by atoms with van der Waals surface area (Å²) in [5.74, 6) is 0.268. The van der Waals surface area contributed by atoms with Gasteiger partial charge in [-0.2, -0.15) is 13.2 Å². The quantitative estimate of drug-likeness (QED) is 0.152. The van der Waals surface area contributed by atoms with Crippen molar-refractivity contribution in [2.24, 2.45) is 0 Å². The number of carbonyl (C=O) groups is 2. The number of aryl methyl sites for hydroxylation is 1. The first-order chi connectivity index (χ1) is 25.1. The fraction of sp³-hybridized carbons (Fsp3) is 0.667. The monoisotopic (exact) mass is 764 g/mol. The first-order valence-corrected chi connectivity index (χ1v) is 19.5. The molecule has 3 fully saturated rings. The molecular formula is C39H56ClF3N6O4. The fourth-order valence-electron chi connectivity index (χ4n) is 7.66. The van der Waals surface area contributed by atoms with Crippen LogP contribution >= 0.6 is 11.6 Å². The number of benzene rings is 1. The van der Waals surface area contributed by atoms with Gasteiger partial charge in [0.1, 0.15) is 22.2 Å². The SMILES string of the molecule is CCCCCC(CCCc1ccccc1N1CC2(CCN(CCNC(=O)OC(C)(C)C)CC2)OC1=O)N1CCN(c2cc(C(F)(F)F)cc(Cl)n2)CC1. The first kappa shape index (κ1) is 40.9. The van der Waals surface area contributed by atoms with E-state index >= 15 is 0 Å². The minimum Gasteiger partial charge on any atom is -0.444 e. The second-order valence-electron chi connectivity index (χ2n) is 15.6. The van der Waals surface area contributed by atoms with E-state index < -0.39 is 29.0 Å². The Hall–Kier alpha value is -3.29. The molecule has 1 aromatic carbocycles. The van der Waals surface area contributed by atoms with Crippen molar-refractivity contribution in [1.29, 1.82) is 0 Å². The molecule has 3 aliphatic rings. The molecule has 14 heteroatoms. The fourth-order valence-corrected chi connectivity index (χ4v) is 7.87. The van der Waals surface area contributed by atoms with Crippen LogP contribution < -0.4 is 15.1 Å². The number of likely N-dealkylation sites (tertiary alicyclic amines) is 1. The first-order valence-electron chi connectivity index (χ1n) is 19.2. The third-order valence-corrected chi connectivity index (χ3v) is 10.7. The van der Waals surface area contributed by atoms with Crippen LogP contribution in [-0.4, -0.2) is 103 Å². The number of piperidine rings is 1. The number of nitrogens with one attached hydrogen (secondary N) is 1. The Morgan fingerprint density at radius 1 is 1.02 bits per heavy atom. The van der Waals surface area contributed by atoms with Gasteiger partial charge in [0.15, 0.2) is 0 Å². The van der Waals surface area contributed by atoms with E-state index in [-0.39, 0.29) is 17.1 Å². The number of unbranched alkanes of at least 4 members (excludes halogenated alkanes) is 2. The van der Waals surface area contributed by atoms with Gasteiger partial charge in [0.25, 0.3) is 0 Å². The normalized spacial score (nSPS) is 19.1. The molecule has 1 spiro atoms. The molecule has 3 saturated heterocycles. The number of hydrogen-bond donors (Lipinski definition) is 1. The van der Waals surface area contributed by atoms with Crippen LogP contribution in [0.2, 0.25) is 5.15 Å². The van der Waals surface area contributed by atoms with Crippen molar-refractivity contribution in [3.63, 3.8) is 0 Å². The van der Waals surface area contributed by atoms with Gasteiger partial charge in [0.05, 0.1) is 17.8 Å². The van der Waals surface area contributed by atoms with Gasteiger partial charge in [0, 0.05) is 71.2 Å². The number of amides is 2. The van der Waals surface area contributed by atoms with Crippen LogP contribution in [0.1, 0.15) is 90.2 Å². The highest BCUT2D eigenvalue weighted by Crippen LogP contribution is 2.38. The molecule has 5 rings (SSSR count). The highest BCUT2D eigenvalue weighted by Gasteiger charge is 2.47. The molecule has 2 aromatic rings. The second-order valence-corrected chi connectivity index (χ2v) is 16.0. The maximum atomic E-state index is 13.4. The van der Waals surface area contributed by atoms with Crippen LogP contribution in [0.5, 0.6) is 0 Å². The van der Waals surface area contributed by atoms with Crippen molar-refractivity contribution in [1.82, 2.24) is 20.1 Å². The smallest absolute Gasteiger partial charge is 0.416 e. The Morgan fingerprint density at radius 2 is 1.72 bits per heavy atom. The van der Waals surface area contributed by atoms with Crippen LogP contribution in [0.4, 0.5) is 34.3 Å². The van der Waals surface area contributed by atoms with Crippen molar-refractivity contribution in [2.45, 2.75) is 109 Å². The summed E-state index contributed by atoms with van der Waals surface area (Å²) in [5, 5.41) is 2.67. The summed E-state index contributed by atoms with van der Waals surface area (Å²) in [6.45, 7) is 13.6. The zero-order valence-electron chi connectivity index (χ0n) is 31.7. The van der Waals surface area contributed by atoms with Gasteiger partial charge in [-0.05, 0) is 70.2 Å². The molecule has 0 bridgehead atoms. The van der Waals surface area contributed by atoms with E-state index in [1.807, 2.05) is 43.9 Å². The third-order valence-electron chi connectivity index (χ3n) is 10.5. The van der Waals surface area contributed by atoms with Crippen molar-refractivity contribution in [2.75, 3.05) is 68.7 Å². The average Bonchev–Trinajstić information content (AvgIpc) is 3.42. The Balaban J connectivity index is 1.13. The minimum atomic E-state index is -4.48. The molecule has 1 N–H and O–H groups in total. The van der Waals surface area contributed by atoms with Crippen molar-refractivity contribution in [3.05, 3.63) is 52.7 Å². The predicted molar refractivity (Wildman–Crippen MR) is 202 cm³/mol. The van der Waals surface area contributed by atoms with Gasteiger partial charge in [-0.15, -0.1) is 0 Å². The standard InChI is InChI=1S/C39H56ClF3N6O4/c1-5-6-7-13-31(47-22-24-48(25-23-47)34-27-30(39(41,42)43)26-33(40)45-34)14-10-12-29-11-8-9-15-32(29)49-28-38(53-36(49)51)16-19-46(20-17-38)21-18-44-35(50)52-37(2,3)4/h8-9,11,15,26-27,31H,5-7,10,12-14,16-25,28H2,1-4H3,(H,44,50). The number of rotatable bonds is 14. The Bertz CT molecular complexity index is 1520. The number of alkyl halides is 3. The molecule has 4 heterocycles. The average molecular weight is 765 g/mol. The molecule has 10 nitrogen and oxygen atoms in total. The molecule has 0 radical (unpaired) electrons. The second kappa shape index (κ2) is 17.9. The highest BCUT2D eigenvalue weighted by molar-refractivity contribution is 6.29. The molecule has 2 amide bonds. The van der Waals surface area contributed by atoms with Gasteiger partial charge in [-0.1, -0.05) is 56.0 Å². The van der Waals surface area contributed by atoms with Crippen molar-refractivity contribution < 1.29 is 32.2 Å². The largest absolute Gasteiger partial charge is 0.444 e. The maximum Gasteiger partial charge on any atom is 0.416 e. The minimum absolute atomic E-state index is 0.153. The number of ether oxygens (including phenoxy) is 2. The molecule has 1 atom stereocenters. The highest BCUT2D eigenvalue weighted by atomic mass is 35.5. The van der Waals surface area contributed by atoms with Gasteiger partial charge in [-0.25, -0.2) is 14.6 Å². The van der Waals surface area contributed by atoms with Crippen LogP contribution in [0.3, 0.4) is 0 Å². The number of pyridine rings is 1. The maximum absolute atomic E-state index is 13.4. The van der Waals surface area contributed by atoms with E-state index in [2.05, 4.69) is 33.1 Å². The van der Waals surface area contributed by atoms with E-state index in [0.29, 0.717) is 38.8 Å². The van der Waals surface area contributed by atoms with Gasteiger partial charge in [-0.3, -0.25) is 9.80 Å². The van der Waals surface area contributed by atoms with E-state index in [9.17, 15) is 22.8 Å². The van der Waals surface area contributed by atoms with Gasteiger partial charge >= 0.3 is 18.4 Å². The number of halogens is 4. The van der Waals surface area contributed by atoms with E-state index in [4.69, 9.17) is 21.1 Å². The summed E-state index contributed by atoms with van der Waals surface area (Å²) in [7, 11) is 0. The molecular weight excluding hydrogens is 709 g/mol. The zero-order valence-corrected chi connectivity index (χ0v) is 32.4. The lowest BCUT2D eigenvalue weighted by atomic mass is 9.91. The number of piperazine rings is 1. The van der Waals surface area contributed by atoms with Crippen LogP contribution in [0.25, 0.3) is 0 Å². The van der Waals surface area contributed by atoms with Crippen LogP contribution in [0.15, 0.2) is 36.4 Å². The van der Waals surface area contributed by atoms with E-state index in [0.717, 1.165) is 107 Å². The summed E-state index contributed by atoms with van der Waals surface area (Å²) in [6.07, 6.45) is 3.49. The molecule has 53 heavy (non-hydrogen) atoms. The summed E-state index contributed by atoms with van der Waals surface area (Å²) in [4.78, 5) is 38.0. The third kappa shape index (κ3) is 11.6. The number of aromatic nitrogens is 1. The zero-order chi connectivity index (χ0) is 38.2. The topological polar surface area (TPSA) is 90.5 Å². The lowest BCUT2D eigenvalue weighted by Crippen LogP contribution is -2.50. The molecule has 0 saturated carbocycles. The summed E-state index contributed by atoms with van der Waals surface area (Å²) >= 11 is 5.98. The molecule has 294 valence electrons. The van der Waals surface area contributed by atoms with E-state index in [1.54, 1.807) is 4.90 Å². The number of hydrogen-bond acceptors (Lipinski definition) is 8. The summed E-state index contributed by atoms with van der Waals surface area (Å²) < 4.78 is 51.7. The Morgan fingerprint density at radius 3 is 2.40 bits per heavy atom. The molecule has 1 aromatic heterocycles. The van der Waals surface area contributed by atoms with Crippen molar-refractivity contribution in [3.8, 4) is 0 Å². The predicted octanol–water partition coefficient (Wildman–Crippen LogP) is 8.16. The van der Waals surface area contributed by atoms with Gasteiger partial charge in [0.2, 0.25) is 0 Å². The lowest BCUT2D eigenvalue weighted by Gasteiger charge is -2.40. The number of carbonyl (C=O) groups excluding carboxylic acids is 2. The van der Waals surface area contributed by atoms with E-state index in [1.165, 1.54) is 0 Å². The number of nitrogens with zero attached hydrogens (tertiary/aromatic N) is 5. The van der Waals surface area contributed by atoms with Gasteiger partial charge < -0.3 is 24.6 Å². The summed E-state index contributed by atoms with van der Waals surface area (Å²) in [6, 6.07) is 10.4. The molecule has 3 aliphatic heterocycles. The Labute approximate surface area is 317 Å². The number of alkyl carbamates (subject to hydrolysis) is 1. The number of para-hydroxylation sites is 1. The number of anilines is 2. The lowest BCUT2D eigenvalue weighted by molar-refractivity contribution is -0.137. The summed E-state index contributed by atoms with van der Waals surface area (Å²) in [5.41, 5.74) is 0.180. The molecule has 1 unspecified atom stereocenters. The Kier molecular flexibility index (Phi) is 13.8.